The van der Waals surface area contributed by atoms with Crippen LogP contribution in [-0.4, -0.2) is 147 Å². The molecule has 0 amide bonds. The number of aliphatic hydroxyl groups is 8. The molecule has 0 saturated carbocycles. The molecule has 13 nitrogen and oxygen atoms in total. The van der Waals surface area contributed by atoms with Gasteiger partial charge in [0.05, 0.1) is 25.4 Å². The Balaban J connectivity index is 1.75. The minimum absolute atomic E-state index is 0.0990. The van der Waals surface area contributed by atoms with Gasteiger partial charge in [-0.1, -0.05) is 0 Å². The zero-order valence-electron chi connectivity index (χ0n) is 16.4. The maximum absolute atomic E-state index is 13.1. The van der Waals surface area contributed by atoms with E-state index in [0.29, 0.717) is 0 Å². The Hall–Kier alpha value is -0.590. The Morgan fingerprint density at radius 2 is 1.48 bits per heavy atom. The van der Waals surface area contributed by atoms with Gasteiger partial charge in [0.1, 0.15) is 61.6 Å². The first-order chi connectivity index (χ1) is 14.7. The van der Waals surface area contributed by atoms with E-state index in [2.05, 4.69) is 5.32 Å². The van der Waals surface area contributed by atoms with Gasteiger partial charge in [0.25, 0.3) is 0 Å². The molecule has 0 bridgehead atoms. The van der Waals surface area contributed by atoms with E-state index in [4.69, 9.17) is 18.9 Å². The molecule has 31 heavy (non-hydrogen) atoms. The molecule has 13 atom stereocenters. The summed E-state index contributed by atoms with van der Waals surface area (Å²) in [7, 11) is 0. The first kappa shape index (κ1) is 25.0. The molecule has 0 aromatic rings. The second-order valence-corrected chi connectivity index (χ2v) is 7.84. The van der Waals surface area contributed by atoms with Crippen LogP contribution in [0.3, 0.4) is 0 Å². The van der Waals surface area contributed by atoms with Crippen LogP contribution in [0.1, 0.15) is 0 Å². The lowest BCUT2D eigenvalue weighted by atomic mass is 9.96. The molecule has 0 aromatic carbocycles. The lowest BCUT2D eigenvalue weighted by Crippen LogP contribution is -2.65. The van der Waals surface area contributed by atoms with Gasteiger partial charge in [-0.2, -0.15) is 0 Å². The van der Waals surface area contributed by atoms with E-state index in [-0.39, 0.29) is 6.54 Å². The quantitative estimate of drug-likeness (QED) is 0.174. The van der Waals surface area contributed by atoms with E-state index in [1.165, 1.54) is 0 Å². The van der Waals surface area contributed by atoms with Crippen LogP contribution in [0.4, 0.5) is 4.39 Å². The van der Waals surface area contributed by atoms with Gasteiger partial charge in [-0.15, -0.1) is 0 Å². The van der Waals surface area contributed by atoms with Crippen LogP contribution >= 0.6 is 0 Å². The van der Waals surface area contributed by atoms with Crippen molar-refractivity contribution >= 4 is 0 Å². The van der Waals surface area contributed by atoms with Crippen LogP contribution in [0.5, 0.6) is 0 Å². The zero-order valence-corrected chi connectivity index (χ0v) is 16.4. The average molecular weight is 459 g/mol. The van der Waals surface area contributed by atoms with E-state index >= 15 is 0 Å². The van der Waals surface area contributed by atoms with Gasteiger partial charge in [-0.3, -0.25) is 0 Å². The topological polar surface area (TPSA) is 211 Å². The molecule has 3 heterocycles. The molecule has 9 N–H and O–H groups in total. The van der Waals surface area contributed by atoms with Crippen molar-refractivity contribution in [2.24, 2.45) is 0 Å². The number of ether oxygens (including phenoxy) is 4. The van der Waals surface area contributed by atoms with Crippen molar-refractivity contribution < 1.29 is 64.2 Å². The van der Waals surface area contributed by atoms with Crippen molar-refractivity contribution in [1.82, 2.24) is 5.32 Å². The van der Waals surface area contributed by atoms with Gasteiger partial charge in [-0.05, 0) is 0 Å². The highest BCUT2D eigenvalue weighted by Crippen LogP contribution is 2.31. The van der Waals surface area contributed by atoms with Crippen molar-refractivity contribution in [2.45, 2.75) is 79.7 Å². The highest BCUT2D eigenvalue weighted by Gasteiger charge is 2.52. The number of aliphatic hydroxyl groups excluding tert-OH is 8. The maximum atomic E-state index is 13.1. The molecule has 3 saturated heterocycles. The molecule has 0 spiro atoms. The molecule has 0 radical (unpaired) electrons. The first-order valence-electron chi connectivity index (χ1n) is 9.94. The predicted molar refractivity (Wildman–Crippen MR) is 95.0 cm³/mol. The molecule has 3 aliphatic heterocycles. The van der Waals surface area contributed by atoms with Crippen molar-refractivity contribution in [1.29, 1.82) is 0 Å². The fourth-order valence-corrected chi connectivity index (χ4v) is 3.99. The predicted octanol–water partition coefficient (Wildman–Crippen LogP) is -5.70. The summed E-state index contributed by atoms with van der Waals surface area (Å²) in [4.78, 5) is 0. The first-order valence-corrected chi connectivity index (χ1v) is 9.94. The third kappa shape index (κ3) is 5.01. The molecule has 3 rings (SSSR count). The Labute approximate surface area is 176 Å². The van der Waals surface area contributed by atoms with Crippen molar-refractivity contribution in [3.8, 4) is 0 Å². The fourth-order valence-electron chi connectivity index (χ4n) is 3.99. The fraction of sp³-hybridized carbons (Fsp3) is 1.00. The van der Waals surface area contributed by atoms with Crippen LogP contribution in [-0.2, 0) is 18.9 Å². The van der Waals surface area contributed by atoms with E-state index in [1.807, 2.05) is 0 Å². The molecular formula is C17H30FNO12. The third-order valence-corrected chi connectivity index (χ3v) is 5.80. The molecule has 14 heteroatoms. The summed E-state index contributed by atoms with van der Waals surface area (Å²) in [6, 6.07) is -0.685. The molecule has 9 unspecified atom stereocenters. The zero-order chi connectivity index (χ0) is 22.9. The van der Waals surface area contributed by atoms with Gasteiger partial charge < -0.3 is 65.1 Å². The highest BCUT2D eigenvalue weighted by molar-refractivity contribution is 4.97. The average Bonchev–Trinajstić information content (AvgIpc) is 3.11. The Morgan fingerprint density at radius 1 is 0.774 bits per heavy atom. The Bertz CT molecular complexity index is 575. The second-order valence-electron chi connectivity index (χ2n) is 7.84. The monoisotopic (exact) mass is 459 g/mol. The normalized spacial score (nSPS) is 51.2. The van der Waals surface area contributed by atoms with E-state index in [9.17, 15) is 45.2 Å². The molecule has 3 aliphatic rings. The van der Waals surface area contributed by atoms with Crippen molar-refractivity contribution in [3.05, 3.63) is 0 Å². The van der Waals surface area contributed by atoms with Crippen molar-refractivity contribution in [3.63, 3.8) is 0 Å². The Morgan fingerprint density at radius 3 is 2.10 bits per heavy atom. The second kappa shape index (κ2) is 10.6. The van der Waals surface area contributed by atoms with E-state index in [0.717, 1.165) is 0 Å². The number of hydrogen-bond donors (Lipinski definition) is 9. The summed E-state index contributed by atoms with van der Waals surface area (Å²) in [6.45, 7) is -2.23. The summed E-state index contributed by atoms with van der Waals surface area (Å²) in [5.74, 6) is 0. The Kier molecular flexibility index (Phi) is 8.53. The number of alkyl halides is 1. The van der Waals surface area contributed by atoms with Crippen LogP contribution in [0, 0.1) is 0 Å². The summed E-state index contributed by atoms with van der Waals surface area (Å²) in [5.41, 5.74) is 0. The smallest absolute Gasteiger partial charge is 0.187 e. The van der Waals surface area contributed by atoms with Crippen LogP contribution in [0.15, 0.2) is 0 Å². The SMILES string of the molecule is OCC1NCC(O)C1O[C@H]1C(O)O[C@H](CO)[C@H](OC2OC(CF)C(O)C(O)C2O)[C@H]1O. The summed E-state index contributed by atoms with van der Waals surface area (Å²) in [6.07, 6.45) is -18.4. The largest absolute Gasteiger partial charge is 0.395 e. The van der Waals surface area contributed by atoms with Gasteiger partial charge in [0.2, 0.25) is 0 Å². The minimum Gasteiger partial charge on any atom is -0.395 e. The molecular weight excluding hydrogens is 429 g/mol. The number of hydrogen-bond acceptors (Lipinski definition) is 13. The van der Waals surface area contributed by atoms with Gasteiger partial charge in [0.15, 0.2) is 12.6 Å². The number of rotatable bonds is 7. The molecule has 0 aromatic heterocycles. The van der Waals surface area contributed by atoms with Crippen LogP contribution in [0.25, 0.3) is 0 Å². The number of halogens is 1. The van der Waals surface area contributed by atoms with Gasteiger partial charge >= 0.3 is 0 Å². The van der Waals surface area contributed by atoms with Gasteiger partial charge in [0, 0.05) is 6.54 Å². The minimum atomic E-state index is -1.82. The molecule has 3 fully saturated rings. The standard InChI is InChI=1S/C17H30FNO12/c18-1-7-9(23)10(24)11(25)17(29-7)31-14-8(4-21)28-16(27)15(12(14)26)30-13-5(3-20)19-2-6(13)22/h5-17,19-27H,1-4H2/t5?,6?,7?,8-,9?,10?,11?,12-,13?,14+,15-,16?,17?/m1/s1. The van der Waals surface area contributed by atoms with E-state index < -0.39 is 99.5 Å². The van der Waals surface area contributed by atoms with Gasteiger partial charge in [-0.25, -0.2) is 4.39 Å². The summed E-state index contributed by atoms with van der Waals surface area (Å²) in [5, 5.41) is 82.6. The molecule has 182 valence electrons. The lowest BCUT2D eigenvalue weighted by Gasteiger charge is -2.46. The van der Waals surface area contributed by atoms with E-state index in [1.54, 1.807) is 0 Å². The maximum Gasteiger partial charge on any atom is 0.187 e. The van der Waals surface area contributed by atoms with Crippen LogP contribution in [0.2, 0.25) is 0 Å². The molecule has 0 aliphatic carbocycles. The third-order valence-electron chi connectivity index (χ3n) is 5.80. The highest BCUT2D eigenvalue weighted by atomic mass is 19.1. The van der Waals surface area contributed by atoms with Crippen molar-refractivity contribution in [2.75, 3.05) is 26.4 Å². The summed E-state index contributed by atoms with van der Waals surface area (Å²) >= 11 is 0. The van der Waals surface area contributed by atoms with Crippen LogP contribution < -0.4 is 5.32 Å². The number of nitrogens with one attached hydrogen (secondary N) is 1. The number of β-amino-alcohol motifs (C(OH)–C–C–N with tert-alkyl or cyclic N) is 1. The summed E-state index contributed by atoms with van der Waals surface area (Å²) < 4.78 is 34.5. The lowest BCUT2D eigenvalue weighted by molar-refractivity contribution is -0.360.